The number of rotatable bonds is 7. The normalized spacial score (nSPS) is 14.8. The first kappa shape index (κ1) is 16.8. The standard InChI is InChI=1S/C16H22BrClN2O/c1-11(2)7-8-20(13-4-5-13)10-16(21)19-15-6-3-12(17)9-14(15)18/h3,6,9,11,13H,4-5,7-8,10H2,1-2H3,(H,19,21). The van der Waals surface area contributed by atoms with Crippen LogP contribution in [0.4, 0.5) is 5.69 Å². The number of anilines is 1. The lowest BCUT2D eigenvalue weighted by Gasteiger charge is -2.22. The first-order valence-corrected chi connectivity index (χ1v) is 8.61. The number of nitrogens with one attached hydrogen (secondary N) is 1. The van der Waals surface area contributed by atoms with Gasteiger partial charge in [-0.25, -0.2) is 0 Å². The van der Waals surface area contributed by atoms with E-state index < -0.39 is 0 Å². The highest BCUT2D eigenvalue weighted by Gasteiger charge is 2.30. The van der Waals surface area contributed by atoms with E-state index >= 15 is 0 Å². The Morgan fingerprint density at radius 3 is 2.76 bits per heavy atom. The maximum Gasteiger partial charge on any atom is 0.238 e. The first-order valence-electron chi connectivity index (χ1n) is 7.44. The summed E-state index contributed by atoms with van der Waals surface area (Å²) in [6.45, 7) is 5.87. The second-order valence-electron chi connectivity index (χ2n) is 6.06. The van der Waals surface area contributed by atoms with Crippen molar-refractivity contribution in [3.05, 3.63) is 27.7 Å². The van der Waals surface area contributed by atoms with Gasteiger partial charge in [0.25, 0.3) is 0 Å². The van der Waals surface area contributed by atoms with Crippen LogP contribution in [0.1, 0.15) is 33.1 Å². The minimum atomic E-state index is 0.00915. The summed E-state index contributed by atoms with van der Waals surface area (Å²) in [7, 11) is 0. The van der Waals surface area contributed by atoms with Gasteiger partial charge in [-0.3, -0.25) is 9.69 Å². The molecule has 0 bridgehead atoms. The van der Waals surface area contributed by atoms with E-state index in [0.29, 0.717) is 29.2 Å². The molecule has 2 rings (SSSR count). The highest BCUT2D eigenvalue weighted by molar-refractivity contribution is 9.10. The van der Waals surface area contributed by atoms with Gasteiger partial charge in [-0.05, 0) is 49.9 Å². The van der Waals surface area contributed by atoms with Crippen LogP contribution in [0.5, 0.6) is 0 Å². The molecule has 116 valence electrons. The molecule has 21 heavy (non-hydrogen) atoms. The fraction of sp³-hybridized carbons (Fsp3) is 0.562. The number of carbonyl (C=O) groups excluding carboxylic acids is 1. The molecule has 0 heterocycles. The fourth-order valence-electron chi connectivity index (χ4n) is 2.22. The molecule has 0 atom stereocenters. The Bertz CT molecular complexity index is 503. The molecule has 1 aromatic rings. The van der Waals surface area contributed by atoms with Gasteiger partial charge < -0.3 is 5.32 Å². The molecular formula is C16H22BrClN2O. The molecule has 3 nitrogen and oxygen atoms in total. The lowest BCUT2D eigenvalue weighted by atomic mass is 10.1. The largest absolute Gasteiger partial charge is 0.324 e. The predicted molar refractivity (Wildman–Crippen MR) is 91.8 cm³/mol. The second kappa shape index (κ2) is 7.61. The SMILES string of the molecule is CC(C)CCN(CC(=O)Nc1ccc(Br)cc1Cl)C1CC1. The summed E-state index contributed by atoms with van der Waals surface area (Å²) in [5, 5.41) is 3.46. The number of nitrogens with zero attached hydrogens (tertiary/aromatic N) is 1. The Labute approximate surface area is 140 Å². The number of hydrogen-bond acceptors (Lipinski definition) is 2. The molecule has 1 N–H and O–H groups in total. The molecule has 1 aromatic carbocycles. The first-order chi connectivity index (χ1) is 9.95. The van der Waals surface area contributed by atoms with Gasteiger partial charge in [0.1, 0.15) is 0 Å². The minimum absolute atomic E-state index is 0.00915. The van der Waals surface area contributed by atoms with Crippen molar-refractivity contribution in [3.63, 3.8) is 0 Å². The smallest absolute Gasteiger partial charge is 0.238 e. The van der Waals surface area contributed by atoms with E-state index in [0.717, 1.165) is 17.4 Å². The molecule has 0 aromatic heterocycles. The van der Waals surface area contributed by atoms with E-state index in [1.54, 1.807) is 6.07 Å². The molecule has 5 heteroatoms. The van der Waals surface area contributed by atoms with Crippen molar-refractivity contribution in [2.24, 2.45) is 5.92 Å². The monoisotopic (exact) mass is 372 g/mol. The van der Waals surface area contributed by atoms with Gasteiger partial charge >= 0.3 is 0 Å². The Kier molecular flexibility index (Phi) is 6.08. The van der Waals surface area contributed by atoms with Gasteiger partial charge in [0.2, 0.25) is 5.91 Å². The third-order valence-electron chi connectivity index (χ3n) is 3.61. The van der Waals surface area contributed by atoms with Crippen LogP contribution in [0, 0.1) is 5.92 Å². The molecule has 0 radical (unpaired) electrons. The molecule has 0 spiro atoms. The van der Waals surface area contributed by atoms with Gasteiger partial charge in [-0.1, -0.05) is 41.4 Å². The van der Waals surface area contributed by atoms with E-state index in [1.165, 1.54) is 12.8 Å². The van der Waals surface area contributed by atoms with Gasteiger partial charge in [0.05, 0.1) is 17.3 Å². The van der Waals surface area contributed by atoms with Crippen molar-refractivity contribution in [1.82, 2.24) is 4.90 Å². The van der Waals surface area contributed by atoms with Crippen molar-refractivity contribution in [3.8, 4) is 0 Å². The van der Waals surface area contributed by atoms with E-state index in [9.17, 15) is 4.79 Å². The molecule has 0 aliphatic heterocycles. The Hall–Kier alpha value is -0.580. The van der Waals surface area contributed by atoms with Crippen molar-refractivity contribution in [2.45, 2.75) is 39.2 Å². The zero-order valence-corrected chi connectivity index (χ0v) is 14.9. The number of halogens is 2. The van der Waals surface area contributed by atoms with Crippen LogP contribution in [0.15, 0.2) is 22.7 Å². The van der Waals surface area contributed by atoms with Gasteiger partial charge in [-0.15, -0.1) is 0 Å². The molecule has 0 saturated heterocycles. The maximum atomic E-state index is 12.2. The highest BCUT2D eigenvalue weighted by Crippen LogP contribution is 2.28. The quantitative estimate of drug-likeness (QED) is 0.760. The van der Waals surface area contributed by atoms with E-state index in [2.05, 4.69) is 40.0 Å². The predicted octanol–water partition coefficient (Wildman–Crippen LogP) is 4.55. The van der Waals surface area contributed by atoms with Crippen LogP contribution >= 0.6 is 27.5 Å². The van der Waals surface area contributed by atoms with Gasteiger partial charge in [0, 0.05) is 10.5 Å². The molecule has 0 unspecified atom stereocenters. The summed E-state index contributed by atoms with van der Waals surface area (Å²) < 4.78 is 0.905. The van der Waals surface area contributed by atoms with Crippen LogP contribution in [0.2, 0.25) is 5.02 Å². The number of hydrogen-bond donors (Lipinski definition) is 1. The van der Waals surface area contributed by atoms with Gasteiger partial charge in [-0.2, -0.15) is 0 Å². The van der Waals surface area contributed by atoms with Crippen LogP contribution in [0.25, 0.3) is 0 Å². The Morgan fingerprint density at radius 2 is 2.19 bits per heavy atom. The molecule has 1 saturated carbocycles. The van der Waals surface area contributed by atoms with Crippen molar-refractivity contribution in [2.75, 3.05) is 18.4 Å². The minimum Gasteiger partial charge on any atom is -0.324 e. The van der Waals surface area contributed by atoms with E-state index in [-0.39, 0.29) is 5.91 Å². The molecule has 1 aliphatic rings. The zero-order valence-electron chi connectivity index (χ0n) is 12.5. The summed E-state index contributed by atoms with van der Waals surface area (Å²) in [5.41, 5.74) is 0.671. The lowest BCUT2D eigenvalue weighted by molar-refractivity contribution is -0.117. The molecular weight excluding hydrogens is 352 g/mol. The fourth-order valence-corrected chi connectivity index (χ4v) is 2.94. The maximum absolute atomic E-state index is 12.2. The molecule has 1 fully saturated rings. The van der Waals surface area contributed by atoms with Crippen molar-refractivity contribution >= 4 is 39.1 Å². The number of amides is 1. The topological polar surface area (TPSA) is 32.3 Å². The lowest BCUT2D eigenvalue weighted by Crippen LogP contribution is -2.36. The van der Waals surface area contributed by atoms with Crippen LogP contribution in [0.3, 0.4) is 0 Å². The summed E-state index contributed by atoms with van der Waals surface area (Å²) in [5.74, 6) is 0.671. The van der Waals surface area contributed by atoms with Crippen LogP contribution < -0.4 is 5.32 Å². The zero-order chi connectivity index (χ0) is 15.4. The van der Waals surface area contributed by atoms with Crippen molar-refractivity contribution < 1.29 is 4.79 Å². The summed E-state index contributed by atoms with van der Waals surface area (Å²) >= 11 is 9.49. The third-order valence-corrected chi connectivity index (χ3v) is 4.41. The molecule has 1 amide bonds. The Morgan fingerprint density at radius 1 is 1.48 bits per heavy atom. The Balaban J connectivity index is 1.89. The van der Waals surface area contributed by atoms with E-state index in [1.807, 2.05) is 12.1 Å². The van der Waals surface area contributed by atoms with Crippen molar-refractivity contribution in [1.29, 1.82) is 0 Å². The van der Waals surface area contributed by atoms with E-state index in [4.69, 9.17) is 11.6 Å². The van der Waals surface area contributed by atoms with Crippen LogP contribution in [-0.4, -0.2) is 29.9 Å². The number of carbonyl (C=O) groups is 1. The summed E-state index contributed by atoms with van der Waals surface area (Å²) in [6, 6.07) is 6.07. The average molecular weight is 374 g/mol. The molecule has 1 aliphatic carbocycles. The number of benzene rings is 1. The van der Waals surface area contributed by atoms with Crippen LogP contribution in [-0.2, 0) is 4.79 Å². The summed E-state index contributed by atoms with van der Waals surface area (Å²) in [4.78, 5) is 14.5. The average Bonchev–Trinajstić information content (AvgIpc) is 3.22. The third kappa shape index (κ3) is 5.61. The summed E-state index contributed by atoms with van der Waals surface area (Å²) in [6.07, 6.45) is 3.55. The highest BCUT2D eigenvalue weighted by atomic mass is 79.9. The second-order valence-corrected chi connectivity index (χ2v) is 7.38. The van der Waals surface area contributed by atoms with Gasteiger partial charge in [0.15, 0.2) is 0 Å².